The van der Waals surface area contributed by atoms with Gasteiger partial charge >= 0.3 is 0 Å². The number of ether oxygens (including phenoxy) is 1. The first kappa shape index (κ1) is 13.8. The summed E-state index contributed by atoms with van der Waals surface area (Å²) in [6.45, 7) is 0.560. The number of nitrogens with two attached hydrogens (primary N) is 1. The van der Waals surface area contributed by atoms with Crippen LogP contribution in [0.2, 0.25) is 0 Å². The summed E-state index contributed by atoms with van der Waals surface area (Å²) >= 11 is 1.63. The summed E-state index contributed by atoms with van der Waals surface area (Å²) in [6, 6.07) is 16.1. The molecule has 2 aromatic carbocycles. The lowest BCUT2D eigenvalue weighted by Gasteiger charge is -2.05. The van der Waals surface area contributed by atoms with Gasteiger partial charge in [0.2, 0.25) is 0 Å². The van der Waals surface area contributed by atoms with Crippen molar-refractivity contribution in [1.82, 2.24) is 4.98 Å². The van der Waals surface area contributed by atoms with Crippen LogP contribution in [0.15, 0.2) is 53.9 Å². The second kappa shape index (κ2) is 6.08. The molecule has 0 saturated heterocycles. The highest BCUT2D eigenvalue weighted by Gasteiger charge is 2.10. The molecule has 0 aliphatic carbocycles. The van der Waals surface area contributed by atoms with Gasteiger partial charge in [-0.25, -0.2) is 4.98 Å². The summed E-state index contributed by atoms with van der Waals surface area (Å²) in [6.07, 6.45) is 0. The van der Waals surface area contributed by atoms with E-state index in [0.29, 0.717) is 6.54 Å². The normalized spacial score (nSPS) is 10.6. The van der Waals surface area contributed by atoms with E-state index in [1.807, 2.05) is 36.4 Å². The van der Waals surface area contributed by atoms with Crippen molar-refractivity contribution in [3.63, 3.8) is 0 Å². The molecule has 0 amide bonds. The van der Waals surface area contributed by atoms with Crippen LogP contribution in [0.1, 0.15) is 5.56 Å². The Morgan fingerprint density at radius 3 is 2.57 bits per heavy atom. The third kappa shape index (κ3) is 2.82. The lowest BCUT2D eigenvalue weighted by Crippen LogP contribution is -1.95. The van der Waals surface area contributed by atoms with E-state index in [1.165, 1.54) is 0 Å². The average molecular weight is 296 g/mol. The first-order chi connectivity index (χ1) is 10.3. The molecule has 4 heteroatoms. The third-order valence-corrected chi connectivity index (χ3v) is 4.22. The quantitative estimate of drug-likeness (QED) is 0.793. The van der Waals surface area contributed by atoms with Crippen molar-refractivity contribution >= 4 is 11.3 Å². The Bertz CT molecular complexity index is 735. The molecule has 0 aliphatic heterocycles. The molecule has 3 aromatic rings. The van der Waals surface area contributed by atoms with Crippen molar-refractivity contribution < 1.29 is 4.74 Å². The molecule has 1 heterocycles. The monoisotopic (exact) mass is 296 g/mol. The van der Waals surface area contributed by atoms with Gasteiger partial charge in [0.25, 0.3) is 0 Å². The number of hydrogen-bond donors (Lipinski definition) is 1. The SMILES string of the molecule is COc1ccccc1-c1csc(-c2ccc(CN)cc2)n1. The lowest BCUT2D eigenvalue weighted by atomic mass is 10.1. The molecule has 0 saturated carbocycles. The summed E-state index contributed by atoms with van der Waals surface area (Å²) < 4.78 is 5.40. The van der Waals surface area contributed by atoms with Crippen LogP contribution in [0.4, 0.5) is 0 Å². The minimum atomic E-state index is 0.560. The molecule has 0 aliphatic rings. The fourth-order valence-electron chi connectivity index (χ4n) is 2.17. The van der Waals surface area contributed by atoms with Crippen LogP contribution in [0.25, 0.3) is 21.8 Å². The van der Waals surface area contributed by atoms with E-state index in [9.17, 15) is 0 Å². The lowest BCUT2D eigenvalue weighted by molar-refractivity contribution is 0.416. The summed E-state index contributed by atoms with van der Waals surface area (Å²) in [4.78, 5) is 4.72. The number of methoxy groups -OCH3 is 1. The molecule has 0 radical (unpaired) electrons. The molecule has 21 heavy (non-hydrogen) atoms. The fraction of sp³-hybridized carbons (Fsp3) is 0.118. The molecule has 3 nitrogen and oxygen atoms in total. The smallest absolute Gasteiger partial charge is 0.128 e. The Hall–Kier alpha value is -2.17. The second-order valence-corrected chi connectivity index (χ2v) is 5.50. The first-order valence-electron chi connectivity index (χ1n) is 6.70. The predicted molar refractivity (Wildman–Crippen MR) is 87.4 cm³/mol. The van der Waals surface area contributed by atoms with Crippen LogP contribution in [-0.4, -0.2) is 12.1 Å². The highest BCUT2D eigenvalue weighted by Crippen LogP contribution is 2.33. The van der Waals surface area contributed by atoms with Crippen LogP contribution >= 0.6 is 11.3 Å². The predicted octanol–water partition coefficient (Wildman–Crippen LogP) is 3.94. The van der Waals surface area contributed by atoms with Gasteiger partial charge in [-0.3, -0.25) is 0 Å². The van der Waals surface area contributed by atoms with Crippen LogP contribution in [0, 0.1) is 0 Å². The Morgan fingerprint density at radius 1 is 1.10 bits per heavy atom. The van der Waals surface area contributed by atoms with Gasteiger partial charge in [-0.1, -0.05) is 36.4 Å². The number of benzene rings is 2. The maximum Gasteiger partial charge on any atom is 0.128 e. The number of hydrogen-bond acceptors (Lipinski definition) is 4. The van der Waals surface area contributed by atoms with Gasteiger partial charge in [0.1, 0.15) is 10.8 Å². The van der Waals surface area contributed by atoms with Crippen LogP contribution in [0.3, 0.4) is 0 Å². The van der Waals surface area contributed by atoms with Gasteiger partial charge in [0, 0.05) is 23.1 Å². The standard InChI is InChI=1S/C17H16N2OS/c1-20-16-5-3-2-4-14(16)15-11-21-17(19-15)13-8-6-12(10-18)7-9-13/h2-9,11H,10,18H2,1H3. The van der Waals surface area contributed by atoms with E-state index in [0.717, 1.165) is 33.1 Å². The molecule has 0 spiro atoms. The van der Waals surface area contributed by atoms with Crippen molar-refractivity contribution in [2.24, 2.45) is 5.73 Å². The topological polar surface area (TPSA) is 48.1 Å². The number of aromatic nitrogens is 1. The Balaban J connectivity index is 1.95. The molecule has 0 bridgehead atoms. The van der Waals surface area contributed by atoms with Gasteiger partial charge in [-0.15, -0.1) is 11.3 Å². The third-order valence-electron chi connectivity index (χ3n) is 3.32. The summed E-state index contributed by atoms with van der Waals surface area (Å²) in [5, 5.41) is 3.06. The highest BCUT2D eigenvalue weighted by molar-refractivity contribution is 7.13. The maximum absolute atomic E-state index is 5.62. The number of thiazole rings is 1. The number of nitrogens with zero attached hydrogens (tertiary/aromatic N) is 1. The zero-order valence-corrected chi connectivity index (χ0v) is 12.6. The van der Waals surface area contributed by atoms with E-state index < -0.39 is 0 Å². The molecular weight excluding hydrogens is 280 g/mol. The van der Waals surface area contributed by atoms with Gasteiger partial charge in [0.15, 0.2) is 0 Å². The van der Waals surface area contributed by atoms with Crippen LogP contribution in [-0.2, 0) is 6.54 Å². The second-order valence-electron chi connectivity index (χ2n) is 4.64. The van der Waals surface area contributed by atoms with Crippen molar-refractivity contribution in [3.8, 4) is 27.6 Å². The zero-order chi connectivity index (χ0) is 14.7. The van der Waals surface area contributed by atoms with E-state index >= 15 is 0 Å². The number of para-hydroxylation sites is 1. The fourth-order valence-corrected chi connectivity index (χ4v) is 3.00. The maximum atomic E-state index is 5.62. The van der Waals surface area contributed by atoms with Crippen LogP contribution < -0.4 is 10.5 Å². The Kier molecular flexibility index (Phi) is 3.99. The molecular formula is C17H16N2OS. The van der Waals surface area contributed by atoms with Gasteiger partial charge in [-0.2, -0.15) is 0 Å². The molecule has 2 N–H and O–H groups in total. The van der Waals surface area contributed by atoms with Gasteiger partial charge in [0.05, 0.1) is 12.8 Å². The van der Waals surface area contributed by atoms with Crippen molar-refractivity contribution in [3.05, 3.63) is 59.5 Å². The molecule has 106 valence electrons. The molecule has 0 atom stereocenters. The van der Waals surface area contributed by atoms with E-state index in [4.69, 9.17) is 15.5 Å². The minimum Gasteiger partial charge on any atom is -0.496 e. The zero-order valence-electron chi connectivity index (χ0n) is 11.7. The Morgan fingerprint density at radius 2 is 1.86 bits per heavy atom. The highest BCUT2D eigenvalue weighted by atomic mass is 32.1. The first-order valence-corrected chi connectivity index (χ1v) is 7.58. The summed E-state index contributed by atoms with van der Waals surface area (Å²) in [5.74, 6) is 0.841. The van der Waals surface area contributed by atoms with Crippen molar-refractivity contribution in [2.75, 3.05) is 7.11 Å². The van der Waals surface area contributed by atoms with E-state index in [1.54, 1.807) is 18.4 Å². The number of rotatable bonds is 4. The average Bonchev–Trinajstić information content (AvgIpc) is 3.04. The summed E-state index contributed by atoms with van der Waals surface area (Å²) in [7, 11) is 1.68. The molecule has 1 aromatic heterocycles. The largest absolute Gasteiger partial charge is 0.496 e. The molecule has 0 fully saturated rings. The molecule has 3 rings (SSSR count). The minimum absolute atomic E-state index is 0.560. The van der Waals surface area contributed by atoms with Gasteiger partial charge < -0.3 is 10.5 Å². The molecule has 0 unspecified atom stereocenters. The van der Waals surface area contributed by atoms with Crippen molar-refractivity contribution in [1.29, 1.82) is 0 Å². The van der Waals surface area contributed by atoms with Crippen molar-refractivity contribution in [2.45, 2.75) is 6.54 Å². The summed E-state index contributed by atoms with van der Waals surface area (Å²) in [5.41, 5.74) is 9.81. The van der Waals surface area contributed by atoms with Crippen LogP contribution in [0.5, 0.6) is 5.75 Å². The Labute approximate surface area is 128 Å². The van der Waals surface area contributed by atoms with E-state index in [2.05, 4.69) is 17.5 Å². The van der Waals surface area contributed by atoms with E-state index in [-0.39, 0.29) is 0 Å². The van der Waals surface area contributed by atoms with Gasteiger partial charge in [-0.05, 0) is 17.7 Å².